The molecule has 2 aromatic heterocycles. The van der Waals surface area contributed by atoms with Crippen LogP contribution < -0.4 is 10.1 Å². The predicted octanol–water partition coefficient (Wildman–Crippen LogP) is 5.80. The molecule has 0 fully saturated rings. The lowest BCUT2D eigenvalue weighted by atomic mass is 10.2. The van der Waals surface area contributed by atoms with Gasteiger partial charge >= 0.3 is 0 Å². The summed E-state index contributed by atoms with van der Waals surface area (Å²) in [6, 6.07) is 14.2. The van der Waals surface area contributed by atoms with Gasteiger partial charge < -0.3 is 14.5 Å². The van der Waals surface area contributed by atoms with Gasteiger partial charge in [0.1, 0.15) is 23.9 Å². The zero-order chi connectivity index (χ0) is 21.8. The fourth-order valence-corrected chi connectivity index (χ4v) is 3.12. The summed E-state index contributed by atoms with van der Waals surface area (Å²) in [6.45, 7) is 0.582. The van der Waals surface area contributed by atoms with Crippen LogP contribution in [0.15, 0.2) is 71.4 Å². The molecule has 1 N–H and O–H groups in total. The first-order valence-electron chi connectivity index (χ1n) is 9.21. The van der Waals surface area contributed by atoms with Gasteiger partial charge in [0, 0.05) is 6.20 Å². The number of anilines is 1. The highest BCUT2D eigenvalue weighted by Gasteiger charge is 2.13. The molecule has 9 heteroatoms. The Balaban J connectivity index is 1.33. The van der Waals surface area contributed by atoms with Gasteiger partial charge in [-0.15, -0.1) is 0 Å². The van der Waals surface area contributed by atoms with Crippen molar-refractivity contribution >= 4 is 34.8 Å². The minimum atomic E-state index is -0.415. The van der Waals surface area contributed by atoms with Crippen molar-refractivity contribution in [3.8, 4) is 5.75 Å². The molecule has 0 radical (unpaired) electrons. The SMILES string of the molecule is O=C(Nc1cnn(Cc2ccc(Cl)c(Cl)c2)c1)c1ccc(COc2ccc(F)cc2)o1. The second-order valence-electron chi connectivity index (χ2n) is 6.64. The Hall–Kier alpha value is -3.29. The molecule has 4 aromatic rings. The fraction of sp³-hybridized carbons (Fsp3) is 0.0909. The van der Waals surface area contributed by atoms with Crippen LogP contribution in [0.3, 0.4) is 0 Å². The van der Waals surface area contributed by atoms with Crippen LogP contribution in [0.25, 0.3) is 0 Å². The number of nitrogens with zero attached hydrogens (tertiary/aromatic N) is 2. The van der Waals surface area contributed by atoms with Crippen LogP contribution >= 0.6 is 23.2 Å². The standard InChI is InChI=1S/C22H16Cl2FN3O3/c23-19-7-1-14(9-20(19)24)11-28-12-16(10-26-28)27-22(29)21-8-6-18(31-21)13-30-17-4-2-15(25)3-5-17/h1-10,12H,11,13H2,(H,27,29). The van der Waals surface area contributed by atoms with Gasteiger partial charge in [-0.2, -0.15) is 5.10 Å². The number of aromatic nitrogens is 2. The fourth-order valence-electron chi connectivity index (χ4n) is 2.80. The van der Waals surface area contributed by atoms with Crippen molar-refractivity contribution in [2.75, 3.05) is 5.32 Å². The molecule has 0 aliphatic rings. The maximum atomic E-state index is 12.9. The van der Waals surface area contributed by atoms with E-state index in [-0.39, 0.29) is 18.2 Å². The Labute approximate surface area is 187 Å². The summed E-state index contributed by atoms with van der Waals surface area (Å²) in [5, 5.41) is 7.92. The van der Waals surface area contributed by atoms with Crippen LogP contribution in [-0.2, 0) is 13.2 Å². The lowest BCUT2D eigenvalue weighted by Gasteiger charge is -2.04. The molecule has 6 nitrogen and oxygen atoms in total. The average molecular weight is 460 g/mol. The highest BCUT2D eigenvalue weighted by Crippen LogP contribution is 2.23. The number of hydrogen-bond donors (Lipinski definition) is 1. The Morgan fingerprint density at radius 3 is 2.68 bits per heavy atom. The normalized spacial score (nSPS) is 10.8. The van der Waals surface area contributed by atoms with E-state index in [0.717, 1.165) is 5.56 Å². The summed E-state index contributed by atoms with van der Waals surface area (Å²) in [5.74, 6) is 0.338. The van der Waals surface area contributed by atoms with Gasteiger partial charge in [0.25, 0.3) is 5.91 Å². The molecule has 0 aliphatic heterocycles. The van der Waals surface area contributed by atoms with Crippen LogP contribution in [0.2, 0.25) is 10.0 Å². The molecule has 0 atom stereocenters. The van der Waals surface area contributed by atoms with Crippen molar-refractivity contribution in [3.05, 3.63) is 99.9 Å². The van der Waals surface area contributed by atoms with Gasteiger partial charge in [-0.3, -0.25) is 9.48 Å². The van der Waals surface area contributed by atoms with Crippen molar-refractivity contribution in [1.82, 2.24) is 9.78 Å². The third-order valence-corrected chi connectivity index (χ3v) is 5.04. The number of halogens is 3. The summed E-state index contributed by atoms with van der Waals surface area (Å²) in [4.78, 5) is 12.4. The van der Waals surface area contributed by atoms with Crippen molar-refractivity contribution < 1.29 is 18.3 Å². The molecule has 4 rings (SSSR count). The van der Waals surface area contributed by atoms with E-state index in [1.54, 1.807) is 35.1 Å². The minimum absolute atomic E-state index is 0.112. The van der Waals surface area contributed by atoms with E-state index in [2.05, 4.69) is 10.4 Å². The van der Waals surface area contributed by atoms with E-state index >= 15 is 0 Å². The third-order valence-electron chi connectivity index (χ3n) is 4.30. The van der Waals surface area contributed by atoms with Gasteiger partial charge in [-0.05, 0) is 54.1 Å². The van der Waals surface area contributed by atoms with Crippen molar-refractivity contribution in [1.29, 1.82) is 0 Å². The first-order valence-corrected chi connectivity index (χ1v) is 9.97. The molecule has 0 aliphatic carbocycles. The van der Waals surface area contributed by atoms with E-state index in [0.29, 0.717) is 33.8 Å². The van der Waals surface area contributed by atoms with E-state index in [4.69, 9.17) is 32.4 Å². The van der Waals surface area contributed by atoms with E-state index in [1.165, 1.54) is 30.5 Å². The monoisotopic (exact) mass is 459 g/mol. The Morgan fingerprint density at radius 2 is 1.90 bits per heavy atom. The lowest BCUT2D eigenvalue weighted by molar-refractivity contribution is 0.0992. The molecular formula is C22H16Cl2FN3O3. The van der Waals surface area contributed by atoms with Crippen molar-refractivity contribution in [2.24, 2.45) is 0 Å². The molecule has 0 saturated carbocycles. The molecule has 2 heterocycles. The summed E-state index contributed by atoms with van der Waals surface area (Å²) >= 11 is 12.0. The molecule has 0 saturated heterocycles. The smallest absolute Gasteiger partial charge is 0.291 e. The number of nitrogens with one attached hydrogen (secondary N) is 1. The second kappa shape index (κ2) is 9.24. The number of furan rings is 1. The number of ether oxygens (including phenoxy) is 1. The molecule has 0 unspecified atom stereocenters. The van der Waals surface area contributed by atoms with E-state index < -0.39 is 5.91 Å². The maximum Gasteiger partial charge on any atom is 0.291 e. The molecule has 1 amide bonds. The Morgan fingerprint density at radius 1 is 1.10 bits per heavy atom. The molecular weight excluding hydrogens is 444 g/mol. The van der Waals surface area contributed by atoms with Crippen LogP contribution in [0, 0.1) is 5.82 Å². The summed E-state index contributed by atoms with van der Waals surface area (Å²) in [7, 11) is 0. The zero-order valence-electron chi connectivity index (χ0n) is 16.0. The van der Waals surface area contributed by atoms with Crippen LogP contribution in [0.1, 0.15) is 21.9 Å². The highest BCUT2D eigenvalue weighted by atomic mass is 35.5. The minimum Gasteiger partial charge on any atom is -0.486 e. The highest BCUT2D eigenvalue weighted by molar-refractivity contribution is 6.42. The number of hydrogen-bond acceptors (Lipinski definition) is 4. The third kappa shape index (κ3) is 5.45. The number of benzene rings is 2. The largest absolute Gasteiger partial charge is 0.486 e. The summed E-state index contributed by atoms with van der Waals surface area (Å²) in [5.41, 5.74) is 1.44. The average Bonchev–Trinajstić information content (AvgIpc) is 3.40. The number of carbonyl (C=O) groups is 1. The van der Waals surface area contributed by atoms with E-state index in [1.807, 2.05) is 6.07 Å². The lowest BCUT2D eigenvalue weighted by Crippen LogP contribution is -2.10. The first-order chi connectivity index (χ1) is 15.0. The Bertz CT molecular complexity index is 1200. The van der Waals surface area contributed by atoms with Crippen molar-refractivity contribution in [3.63, 3.8) is 0 Å². The van der Waals surface area contributed by atoms with Crippen molar-refractivity contribution in [2.45, 2.75) is 13.2 Å². The predicted molar refractivity (Wildman–Crippen MR) is 115 cm³/mol. The van der Waals surface area contributed by atoms with Gasteiger partial charge in [0.05, 0.1) is 28.5 Å². The van der Waals surface area contributed by atoms with Gasteiger partial charge in [-0.25, -0.2) is 4.39 Å². The molecule has 31 heavy (non-hydrogen) atoms. The number of amides is 1. The summed E-state index contributed by atoms with van der Waals surface area (Å²) < 4.78 is 25.6. The van der Waals surface area contributed by atoms with Gasteiger partial charge in [-0.1, -0.05) is 29.3 Å². The second-order valence-corrected chi connectivity index (χ2v) is 7.45. The van der Waals surface area contributed by atoms with Crippen LogP contribution in [-0.4, -0.2) is 15.7 Å². The summed E-state index contributed by atoms with van der Waals surface area (Å²) in [6.07, 6.45) is 3.23. The van der Waals surface area contributed by atoms with E-state index in [9.17, 15) is 9.18 Å². The molecule has 0 bridgehead atoms. The Kier molecular flexibility index (Phi) is 6.25. The molecule has 2 aromatic carbocycles. The van der Waals surface area contributed by atoms with Crippen LogP contribution in [0.4, 0.5) is 10.1 Å². The quantitative estimate of drug-likeness (QED) is 0.379. The topological polar surface area (TPSA) is 69.3 Å². The van der Waals surface area contributed by atoms with Gasteiger partial charge in [0.2, 0.25) is 0 Å². The first kappa shape index (κ1) is 21.0. The molecule has 0 spiro atoms. The number of rotatable bonds is 7. The molecule has 158 valence electrons. The zero-order valence-corrected chi connectivity index (χ0v) is 17.5. The maximum absolute atomic E-state index is 12.9. The van der Waals surface area contributed by atoms with Gasteiger partial charge in [0.15, 0.2) is 5.76 Å². The van der Waals surface area contributed by atoms with Crippen LogP contribution in [0.5, 0.6) is 5.75 Å². The number of carbonyl (C=O) groups excluding carboxylic acids is 1.